The molecule has 88 valence electrons. The molecule has 1 heterocycles. The van der Waals surface area contributed by atoms with Crippen molar-refractivity contribution in [1.82, 2.24) is 4.57 Å². The second-order valence-corrected chi connectivity index (χ2v) is 4.73. The number of aromatic nitrogens is 1. The monoisotopic (exact) mass is 226 g/mol. The number of hydrogen-bond acceptors (Lipinski definition) is 1. The van der Waals surface area contributed by atoms with E-state index in [9.17, 15) is 0 Å². The van der Waals surface area contributed by atoms with Gasteiger partial charge in [0.1, 0.15) is 0 Å². The molecule has 0 amide bonds. The molecule has 0 atom stereocenters. The topological polar surface area (TPSA) is 17.3 Å². The summed E-state index contributed by atoms with van der Waals surface area (Å²) in [5, 5.41) is 1.41. The number of para-hydroxylation sites is 1. The zero-order chi connectivity index (χ0) is 11.8. The summed E-state index contributed by atoms with van der Waals surface area (Å²) in [6, 6.07) is 8.67. The Morgan fingerprint density at radius 1 is 1.24 bits per heavy atom. The molecule has 1 aromatic carbocycles. The Kier molecular flexibility index (Phi) is 2.50. The fourth-order valence-corrected chi connectivity index (χ4v) is 2.86. The standard InChI is InChI=1S/C15H18N2/c1-3-10-16-13-9-8-12-11-6-4-5-7-14(11)17(2)15(12)13/h4-7H,3,8-10H2,1-2H3. The van der Waals surface area contributed by atoms with Crippen LogP contribution in [-0.4, -0.2) is 16.8 Å². The van der Waals surface area contributed by atoms with Crippen molar-refractivity contribution < 1.29 is 0 Å². The second-order valence-electron chi connectivity index (χ2n) is 4.73. The van der Waals surface area contributed by atoms with Crippen molar-refractivity contribution in [3.63, 3.8) is 0 Å². The normalized spacial score (nSPS) is 16.9. The van der Waals surface area contributed by atoms with E-state index in [4.69, 9.17) is 4.99 Å². The van der Waals surface area contributed by atoms with Crippen LogP contribution in [-0.2, 0) is 13.5 Å². The Labute approximate surface area is 102 Å². The van der Waals surface area contributed by atoms with Gasteiger partial charge in [0.2, 0.25) is 0 Å². The summed E-state index contributed by atoms with van der Waals surface area (Å²) < 4.78 is 2.31. The van der Waals surface area contributed by atoms with Gasteiger partial charge in [-0.15, -0.1) is 0 Å². The molecule has 0 bridgehead atoms. The molecule has 0 spiro atoms. The molecule has 3 rings (SSSR count). The Morgan fingerprint density at radius 2 is 2.06 bits per heavy atom. The lowest BCUT2D eigenvalue weighted by molar-refractivity contribution is 0.914. The highest BCUT2D eigenvalue weighted by Crippen LogP contribution is 2.32. The van der Waals surface area contributed by atoms with Crippen molar-refractivity contribution in [1.29, 1.82) is 0 Å². The Bertz CT molecular complexity index is 590. The maximum Gasteiger partial charge on any atom is 0.0661 e. The van der Waals surface area contributed by atoms with Crippen molar-refractivity contribution in [3.05, 3.63) is 35.5 Å². The molecule has 2 heteroatoms. The van der Waals surface area contributed by atoms with Gasteiger partial charge in [-0.25, -0.2) is 0 Å². The van der Waals surface area contributed by atoms with Gasteiger partial charge >= 0.3 is 0 Å². The molecular formula is C15H18N2. The van der Waals surface area contributed by atoms with Crippen molar-refractivity contribution in [2.45, 2.75) is 26.2 Å². The SMILES string of the molecule is CCCN=C1CCc2c1n(C)c1ccccc21. The molecule has 0 unspecified atom stereocenters. The van der Waals surface area contributed by atoms with Gasteiger partial charge in [-0.2, -0.15) is 0 Å². The minimum absolute atomic E-state index is 0.955. The zero-order valence-corrected chi connectivity index (χ0v) is 10.5. The van der Waals surface area contributed by atoms with Gasteiger partial charge in [0, 0.05) is 24.5 Å². The van der Waals surface area contributed by atoms with E-state index in [1.807, 2.05) is 0 Å². The van der Waals surface area contributed by atoms with Gasteiger partial charge in [0.05, 0.1) is 11.4 Å². The summed E-state index contributed by atoms with van der Waals surface area (Å²) in [6.45, 7) is 3.14. The number of aryl methyl sites for hydroxylation is 2. The largest absolute Gasteiger partial charge is 0.342 e. The van der Waals surface area contributed by atoms with E-state index in [-0.39, 0.29) is 0 Å². The third kappa shape index (κ3) is 1.51. The molecule has 1 aliphatic rings. The summed E-state index contributed by atoms with van der Waals surface area (Å²) in [4.78, 5) is 4.73. The smallest absolute Gasteiger partial charge is 0.0661 e. The van der Waals surface area contributed by atoms with Gasteiger partial charge in [-0.3, -0.25) is 4.99 Å². The van der Waals surface area contributed by atoms with Crippen LogP contribution in [0.2, 0.25) is 0 Å². The third-order valence-electron chi connectivity index (χ3n) is 3.62. The van der Waals surface area contributed by atoms with Gasteiger partial charge in [-0.1, -0.05) is 25.1 Å². The number of rotatable bonds is 2. The lowest BCUT2D eigenvalue weighted by Gasteiger charge is -2.03. The zero-order valence-electron chi connectivity index (χ0n) is 10.5. The predicted molar refractivity (Wildman–Crippen MR) is 72.9 cm³/mol. The average Bonchev–Trinajstić information content (AvgIpc) is 2.89. The van der Waals surface area contributed by atoms with E-state index < -0.39 is 0 Å². The van der Waals surface area contributed by atoms with Gasteiger partial charge in [0.25, 0.3) is 0 Å². The van der Waals surface area contributed by atoms with Gasteiger partial charge < -0.3 is 4.57 Å². The highest BCUT2D eigenvalue weighted by atomic mass is 15.0. The van der Waals surface area contributed by atoms with E-state index >= 15 is 0 Å². The molecule has 0 fully saturated rings. The Morgan fingerprint density at radius 3 is 2.88 bits per heavy atom. The van der Waals surface area contributed by atoms with Gasteiger partial charge in [0.15, 0.2) is 0 Å². The first-order chi connectivity index (χ1) is 8.33. The van der Waals surface area contributed by atoms with Crippen molar-refractivity contribution in [2.24, 2.45) is 12.0 Å². The van der Waals surface area contributed by atoms with Crippen LogP contribution >= 0.6 is 0 Å². The Balaban J connectivity index is 2.21. The number of aliphatic imine (C=N–C) groups is 1. The van der Waals surface area contributed by atoms with Crippen LogP contribution in [0.25, 0.3) is 10.9 Å². The van der Waals surface area contributed by atoms with Crippen LogP contribution in [0.3, 0.4) is 0 Å². The van der Waals surface area contributed by atoms with Crippen molar-refractivity contribution in [3.8, 4) is 0 Å². The van der Waals surface area contributed by atoms with E-state index in [1.54, 1.807) is 0 Å². The molecule has 0 saturated carbocycles. The maximum absolute atomic E-state index is 4.73. The molecular weight excluding hydrogens is 208 g/mol. The second kappa shape index (κ2) is 4.02. The van der Waals surface area contributed by atoms with Crippen LogP contribution in [0.4, 0.5) is 0 Å². The molecule has 0 saturated heterocycles. The molecule has 17 heavy (non-hydrogen) atoms. The minimum Gasteiger partial charge on any atom is -0.342 e. The highest BCUT2D eigenvalue weighted by Gasteiger charge is 2.24. The predicted octanol–water partition coefficient (Wildman–Crippen LogP) is 3.32. The van der Waals surface area contributed by atoms with Crippen molar-refractivity contribution >= 4 is 16.6 Å². The maximum atomic E-state index is 4.73. The van der Waals surface area contributed by atoms with Crippen molar-refractivity contribution in [2.75, 3.05) is 6.54 Å². The number of benzene rings is 1. The number of nitrogens with zero attached hydrogens (tertiary/aromatic N) is 2. The number of hydrogen-bond donors (Lipinski definition) is 0. The van der Waals surface area contributed by atoms with Gasteiger partial charge in [-0.05, 0) is 30.9 Å². The molecule has 1 aliphatic carbocycles. The van der Waals surface area contributed by atoms with Crippen LogP contribution in [0.1, 0.15) is 31.0 Å². The minimum atomic E-state index is 0.955. The fourth-order valence-electron chi connectivity index (χ4n) is 2.86. The summed E-state index contributed by atoms with van der Waals surface area (Å²) >= 11 is 0. The molecule has 0 N–H and O–H groups in total. The van der Waals surface area contributed by atoms with E-state index in [1.165, 1.54) is 27.9 Å². The molecule has 2 nitrogen and oxygen atoms in total. The average molecular weight is 226 g/mol. The first-order valence-corrected chi connectivity index (χ1v) is 6.43. The van der Waals surface area contributed by atoms with Crippen LogP contribution < -0.4 is 0 Å². The first kappa shape index (κ1) is 10.6. The first-order valence-electron chi connectivity index (χ1n) is 6.43. The summed E-state index contributed by atoms with van der Waals surface area (Å²) in [5.41, 5.74) is 5.51. The van der Waals surface area contributed by atoms with E-state index in [0.29, 0.717) is 0 Å². The summed E-state index contributed by atoms with van der Waals surface area (Å²) in [6.07, 6.45) is 3.39. The number of fused-ring (bicyclic) bond motifs is 3. The van der Waals surface area contributed by atoms with Crippen LogP contribution in [0.5, 0.6) is 0 Å². The molecule has 2 aromatic rings. The third-order valence-corrected chi connectivity index (χ3v) is 3.62. The van der Waals surface area contributed by atoms with Crippen LogP contribution in [0.15, 0.2) is 29.3 Å². The quantitative estimate of drug-likeness (QED) is 0.747. The Hall–Kier alpha value is -1.57. The summed E-state index contributed by atoms with van der Waals surface area (Å²) in [5.74, 6) is 0. The van der Waals surface area contributed by atoms with Crippen LogP contribution in [0, 0.1) is 0 Å². The molecule has 0 aliphatic heterocycles. The van der Waals surface area contributed by atoms with E-state index in [2.05, 4.69) is 42.8 Å². The lowest BCUT2D eigenvalue weighted by Crippen LogP contribution is -2.03. The molecule has 1 aromatic heterocycles. The van der Waals surface area contributed by atoms with E-state index in [0.717, 1.165) is 25.8 Å². The molecule has 0 radical (unpaired) electrons. The highest BCUT2D eigenvalue weighted by molar-refractivity contribution is 6.09. The lowest BCUT2D eigenvalue weighted by atomic mass is 10.1. The fraction of sp³-hybridized carbons (Fsp3) is 0.400. The summed E-state index contributed by atoms with van der Waals surface area (Å²) in [7, 11) is 2.16.